The molecule has 8 saturated heterocycles. The van der Waals surface area contributed by atoms with Crippen LogP contribution in [0.1, 0.15) is 106 Å². The van der Waals surface area contributed by atoms with Crippen molar-refractivity contribution in [2.75, 3.05) is 0 Å². The average Bonchev–Trinajstić information content (AvgIpc) is 3.39. The molecule has 316 valence electrons. The minimum Gasteiger partial charge on any atom is -0.483 e. The highest BCUT2D eigenvalue weighted by Crippen LogP contribution is 2.87. The van der Waals surface area contributed by atoms with Gasteiger partial charge in [0.2, 0.25) is 11.6 Å². The third kappa shape index (κ3) is 3.20. The van der Waals surface area contributed by atoms with Crippen molar-refractivity contribution in [1.29, 1.82) is 0 Å². The number of esters is 2. The van der Waals surface area contributed by atoms with Crippen LogP contribution in [0.25, 0.3) is 0 Å². The summed E-state index contributed by atoms with van der Waals surface area (Å²) in [6.07, 6.45) is -2.05. The molecule has 4 N–H and O–H groups in total. The predicted molar refractivity (Wildman–Crippen MR) is 193 cm³/mol. The number of fused-ring (bicyclic) bond motifs is 2. The first-order valence-corrected chi connectivity index (χ1v) is 22.1. The second kappa shape index (κ2) is 10.0. The zero-order valence-corrected chi connectivity index (χ0v) is 34.0. The van der Waals surface area contributed by atoms with Gasteiger partial charge in [0.25, 0.3) is 0 Å². The van der Waals surface area contributed by atoms with Crippen LogP contribution in [0, 0.1) is 68.0 Å². The number of hydrogen-bond donors (Lipinski definition) is 4. The lowest BCUT2D eigenvalue weighted by Crippen LogP contribution is -2.91. The molecule has 14 nitrogen and oxygen atoms in total. The minimum absolute atomic E-state index is 0.198. The van der Waals surface area contributed by atoms with Gasteiger partial charge in [-0.3, -0.25) is 14.4 Å². The Labute approximate surface area is 336 Å². The zero-order chi connectivity index (χ0) is 40.5. The Morgan fingerprint density at radius 2 is 1.21 bits per heavy atom. The van der Waals surface area contributed by atoms with Crippen LogP contribution < -0.4 is 0 Å². The van der Waals surface area contributed by atoms with Crippen molar-refractivity contribution < 1.29 is 68.0 Å². The summed E-state index contributed by atoms with van der Waals surface area (Å²) in [5.41, 5.74) is -6.87. The van der Waals surface area contributed by atoms with E-state index in [0.717, 1.165) is 31.3 Å². The van der Waals surface area contributed by atoms with Crippen LogP contribution in [-0.4, -0.2) is 105 Å². The maximum Gasteiger partial charge on any atom is 0.302 e. The van der Waals surface area contributed by atoms with Crippen LogP contribution in [-0.2, 0) is 47.5 Å². The molecule has 8 aliphatic carbocycles. The van der Waals surface area contributed by atoms with Crippen molar-refractivity contribution in [3.05, 3.63) is 11.3 Å². The van der Waals surface area contributed by atoms with Gasteiger partial charge in [-0.25, -0.2) is 0 Å². The first kappa shape index (κ1) is 36.5. The third-order valence-electron chi connectivity index (χ3n) is 20.0. The molecule has 14 heteroatoms. The SMILES string of the molecule is CC(=O)O[C@H]1C[C@H]2C3=C(O[C@]4(CC3)C(=O)[C@@]35[C@@H]6O[C@H]7O[C@@]3(O)[C@@H](O)[C@@H]3C(C)(C)CCC[C@@]73[C@@H]5[C@@H](OC(C)=O)C[C@H]64)[C@@]34[C@@H]2O[C@H]2O[C@@]3(O)[C@@H](O)[C@@H]3C(C)(C)CCC[C@]23[C@H]14. The van der Waals surface area contributed by atoms with E-state index in [2.05, 4.69) is 27.7 Å². The summed E-state index contributed by atoms with van der Waals surface area (Å²) in [6.45, 7) is 11.1. The first-order chi connectivity index (χ1) is 27.3. The number of ketones is 1. The number of aliphatic hydroxyl groups is 4. The van der Waals surface area contributed by atoms with Crippen LogP contribution in [0.3, 0.4) is 0 Å². The second-order valence-corrected chi connectivity index (χ2v) is 22.5. The highest BCUT2D eigenvalue weighted by atomic mass is 16.8. The van der Waals surface area contributed by atoms with E-state index in [9.17, 15) is 30.0 Å². The van der Waals surface area contributed by atoms with Crippen molar-refractivity contribution in [2.45, 2.75) is 172 Å². The first-order valence-electron chi connectivity index (χ1n) is 22.1. The molecule has 21 atom stereocenters. The number of carbonyl (C=O) groups excluding carboxylic acids is 3. The number of aliphatic hydroxyl groups excluding tert-OH is 2. The lowest BCUT2D eigenvalue weighted by Gasteiger charge is -2.80. The van der Waals surface area contributed by atoms with E-state index < -0.39 is 146 Å². The van der Waals surface area contributed by atoms with Gasteiger partial charge in [-0.15, -0.1) is 0 Å². The van der Waals surface area contributed by atoms with Gasteiger partial charge in [-0.2, -0.15) is 0 Å². The Morgan fingerprint density at radius 3 is 1.78 bits per heavy atom. The molecule has 0 aromatic carbocycles. The van der Waals surface area contributed by atoms with E-state index in [0.29, 0.717) is 31.4 Å². The van der Waals surface area contributed by atoms with Crippen molar-refractivity contribution >= 4 is 17.7 Å². The summed E-state index contributed by atoms with van der Waals surface area (Å²) < 4.78 is 47.4. The molecule has 0 amide bonds. The monoisotopic (exact) mass is 808 g/mol. The fourth-order valence-corrected chi connectivity index (χ4v) is 19.2. The highest BCUT2D eigenvalue weighted by molar-refractivity contribution is 5.99. The van der Waals surface area contributed by atoms with Crippen LogP contribution >= 0.6 is 0 Å². The molecule has 14 bridgehead atoms. The van der Waals surface area contributed by atoms with Crippen LogP contribution in [0.4, 0.5) is 0 Å². The fraction of sp³-hybridized carbons (Fsp3) is 0.886. The molecular weight excluding hydrogens is 752 g/mol. The number of ether oxygens (including phenoxy) is 7. The quantitative estimate of drug-likeness (QED) is 0.297. The van der Waals surface area contributed by atoms with Gasteiger partial charge in [0, 0.05) is 60.2 Å². The summed E-state index contributed by atoms with van der Waals surface area (Å²) in [6, 6.07) is 0. The van der Waals surface area contributed by atoms with E-state index >= 15 is 4.79 Å². The maximum absolute atomic E-state index is 16.4. The van der Waals surface area contributed by atoms with Gasteiger partial charge in [0.05, 0.1) is 12.2 Å². The zero-order valence-electron chi connectivity index (χ0n) is 34.0. The summed E-state index contributed by atoms with van der Waals surface area (Å²) in [4.78, 5) is 42.4. The van der Waals surface area contributed by atoms with Crippen molar-refractivity contribution in [1.82, 2.24) is 0 Å². The molecule has 5 spiro atoms. The molecule has 58 heavy (non-hydrogen) atoms. The van der Waals surface area contributed by atoms with Crippen molar-refractivity contribution in [3.63, 3.8) is 0 Å². The molecule has 7 saturated carbocycles. The van der Waals surface area contributed by atoms with E-state index in [4.69, 9.17) is 33.2 Å². The topological polar surface area (TPSA) is 197 Å². The van der Waals surface area contributed by atoms with Gasteiger partial charge in [0.15, 0.2) is 24.0 Å². The molecule has 17 aliphatic rings. The molecule has 9 aliphatic heterocycles. The van der Waals surface area contributed by atoms with Crippen LogP contribution in [0.5, 0.6) is 0 Å². The van der Waals surface area contributed by atoms with Crippen LogP contribution in [0.15, 0.2) is 11.3 Å². The summed E-state index contributed by atoms with van der Waals surface area (Å²) in [7, 11) is 0. The Kier molecular flexibility index (Phi) is 6.31. The third-order valence-corrected chi connectivity index (χ3v) is 20.0. The molecule has 0 unspecified atom stereocenters. The van der Waals surface area contributed by atoms with E-state index in [1.165, 1.54) is 13.8 Å². The lowest BCUT2D eigenvalue weighted by molar-refractivity contribution is -0.562. The van der Waals surface area contributed by atoms with Crippen LogP contribution in [0.2, 0.25) is 0 Å². The van der Waals surface area contributed by atoms with Gasteiger partial charge in [0.1, 0.15) is 41.0 Å². The molecule has 0 aromatic heterocycles. The van der Waals surface area contributed by atoms with Gasteiger partial charge in [-0.1, -0.05) is 40.5 Å². The normalized spacial score (nSPS) is 62.0. The Morgan fingerprint density at radius 1 is 0.690 bits per heavy atom. The molecule has 9 heterocycles. The van der Waals surface area contributed by atoms with Gasteiger partial charge >= 0.3 is 11.9 Å². The summed E-state index contributed by atoms with van der Waals surface area (Å²) >= 11 is 0. The number of hydrogen-bond acceptors (Lipinski definition) is 14. The standard InChI is InChI=1S/C44H56O14/c1-17(45)52-22-15-20-19-9-14-40(56-31(19)41-24(22)38-12-7-10-36(3,4)26(38)28(47)43(41,50)57-34(38)54-30(20)41)21-16-23(53-18(2)46)25-39-13-8-11-37(5,6)27(39)29(48)44(51)42(25,33(40)49)32(21)55-35(39)58-44/h20-30,32,34-35,47-48,50-51H,7-16H2,1-6H3/t20-,21+,22-,23-,24-,25-,26+,27+,28-,29-,30+,32+,34-,35-,38+,39-,40-,41+,42+,43-,44-/m0/s1. The average molecular weight is 809 g/mol. The Balaban J connectivity index is 1.02. The summed E-state index contributed by atoms with van der Waals surface area (Å²) in [5, 5.41) is 51.7. The molecule has 17 rings (SSSR count). The highest BCUT2D eigenvalue weighted by Gasteiger charge is 2.98. The maximum atomic E-state index is 16.4. The number of rotatable bonds is 2. The number of carbonyl (C=O) groups is 3. The van der Waals surface area contributed by atoms with E-state index in [1.54, 1.807) is 0 Å². The Hall–Kier alpha value is -2.17. The van der Waals surface area contributed by atoms with Crippen molar-refractivity contribution in [3.8, 4) is 0 Å². The number of Topliss-reactive ketones (excluding diaryl/α,β-unsaturated/α-hetero) is 1. The van der Waals surface area contributed by atoms with Gasteiger partial charge < -0.3 is 53.6 Å². The molecule has 0 aromatic rings. The predicted octanol–water partition coefficient (Wildman–Crippen LogP) is 2.76. The minimum atomic E-state index is -2.36. The lowest BCUT2D eigenvalue weighted by atomic mass is 9.34. The largest absolute Gasteiger partial charge is 0.483 e. The van der Waals surface area contributed by atoms with Gasteiger partial charge in [-0.05, 0) is 67.8 Å². The molecular formula is C44H56O14. The molecule has 0 radical (unpaired) electrons. The smallest absolute Gasteiger partial charge is 0.302 e. The van der Waals surface area contributed by atoms with Crippen molar-refractivity contribution in [2.24, 2.45) is 68.0 Å². The Bertz CT molecular complexity index is 2050. The van der Waals surface area contributed by atoms with E-state index in [-0.39, 0.29) is 18.8 Å². The second-order valence-electron chi connectivity index (χ2n) is 22.5. The van der Waals surface area contributed by atoms with E-state index in [1.807, 2.05) is 0 Å². The fourth-order valence-electron chi connectivity index (χ4n) is 19.2. The summed E-state index contributed by atoms with van der Waals surface area (Å²) in [5.74, 6) is -8.94. The molecule has 15 fully saturated rings.